The van der Waals surface area contributed by atoms with Crippen molar-refractivity contribution in [2.75, 3.05) is 12.1 Å². The van der Waals surface area contributed by atoms with Crippen LogP contribution < -0.4 is 14.9 Å². The summed E-state index contributed by atoms with van der Waals surface area (Å²) < 4.78 is 4.91. The van der Waals surface area contributed by atoms with Crippen molar-refractivity contribution < 1.29 is 19.6 Å². The first-order valence-corrected chi connectivity index (χ1v) is 7.62. The third kappa shape index (κ3) is 3.00. The van der Waals surface area contributed by atoms with Crippen molar-refractivity contribution in [3.05, 3.63) is 63.7 Å². The second-order valence-corrected chi connectivity index (χ2v) is 5.52. The number of anilines is 1. The van der Waals surface area contributed by atoms with Crippen molar-refractivity contribution in [3.8, 4) is 11.5 Å². The fourth-order valence-electron chi connectivity index (χ4n) is 2.57. The van der Waals surface area contributed by atoms with Crippen LogP contribution in [0.5, 0.6) is 11.5 Å². The van der Waals surface area contributed by atoms with Crippen LogP contribution in [0, 0.1) is 10.1 Å². The van der Waals surface area contributed by atoms with Crippen LogP contribution in [0.3, 0.4) is 0 Å². The molecule has 0 spiro atoms. The molecule has 132 valence electrons. The number of nitro groups is 1. The van der Waals surface area contributed by atoms with Crippen LogP contribution >= 0.6 is 0 Å². The number of rotatable bonds is 4. The molecule has 26 heavy (non-hydrogen) atoms. The molecule has 8 nitrogen and oxygen atoms in total. The van der Waals surface area contributed by atoms with Crippen molar-refractivity contribution >= 4 is 29.1 Å². The van der Waals surface area contributed by atoms with Crippen molar-refractivity contribution in [2.45, 2.75) is 6.92 Å². The van der Waals surface area contributed by atoms with Crippen LogP contribution in [0.1, 0.15) is 12.5 Å². The molecule has 0 bridgehead atoms. The number of hydrogen-bond acceptors (Lipinski definition) is 6. The smallest absolute Gasteiger partial charge is 0.280 e. The largest absolute Gasteiger partial charge is 0.865 e. The molecule has 0 unspecified atom stereocenters. The zero-order chi connectivity index (χ0) is 18.8. The van der Waals surface area contributed by atoms with Crippen molar-refractivity contribution in [1.82, 2.24) is 0 Å². The summed E-state index contributed by atoms with van der Waals surface area (Å²) in [6.07, 6.45) is 1.46. The zero-order valence-electron chi connectivity index (χ0n) is 14.0. The summed E-state index contributed by atoms with van der Waals surface area (Å²) in [5, 5.41) is 28.5. The number of carbonyl (C=O) groups excluding carboxylic acids is 1. The van der Waals surface area contributed by atoms with Crippen molar-refractivity contribution in [3.63, 3.8) is 0 Å². The third-order valence-corrected chi connectivity index (χ3v) is 3.85. The van der Waals surface area contributed by atoms with Crippen LogP contribution in [0.15, 0.2) is 53.1 Å². The summed E-state index contributed by atoms with van der Waals surface area (Å²) in [4.78, 5) is 23.0. The van der Waals surface area contributed by atoms with E-state index in [9.17, 15) is 20.0 Å². The zero-order valence-corrected chi connectivity index (χ0v) is 14.0. The maximum absolute atomic E-state index is 12.7. The fourth-order valence-corrected chi connectivity index (χ4v) is 2.57. The van der Waals surface area contributed by atoms with Gasteiger partial charge in [0.05, 0.1) is 29.0 Å². The first kappa shape index (κ1) is 17.2. The Labute approximate surface area is 148 Å². The molecule has 2 aromatic rings. The lowest BCUT2D eigenvalue weighted by molar-refractivity contribution is -0.398. The molecule has 0 atom stereocenters. The lowest BCUT2D eigenvalue weighted by Crippen LogP contribution is -2.21. The van der Waals surface area contributed by atoms with Crippen LogP contribution in [-0.2, 0) is 4.79 Å². The first-order chi connectivity index (χ1) is 12.4. The molecule has 2 aromatic carbocycles. The van der Waals surface area contributed by atoms with E-state index in [-0.39, 0.29) is 17.2 Å². The molecule has 1 aliphatic rings. The average Bonchev–Trinajstić information content (AvgIpc) is 2.91. The number of amides is 1. The maximum Gasteiger partial charge on any atom is 0.280 e. The summed E-state index contributed by atoms with van der Waals surface area (Å²) in [5.74, 6) is -1.33. The van der Waals surface area contributed by atoms with Gasteiger partial charge in [-0.05, 0) is 36.8 Å². The highest BCUT2D eigenvalue weighted by Crippen LogP contribution is 2.35. The van der Waals surface area contributed by atoms with E-state index in [0.29, 0.717) is 17.0 Å². The third-order valence-electron chi connectivity index (χ3n) is 3.85. The topological polar surface area (TPSA) is 108 Å². The summed E-state index contributed by atoms with van der Waals surface area (Å²) in [5.41, 5.74) is 1.05. The van der Waals surface area contributed by atoms with E-state index in [1.807, 2.05) is 6.07 Å². The van der Waals surface area contributed by atoms with E-state index < -0.39 is 16.4 Å². The van der Waals surface area contributed by atoms with Gasteiger partial charge >= 0.3 is 0 Å². The molecule has 0 fully saturated rings. The summed E-state index contributed by atoms with van der Waals surface area (Å²) in [6, 6.07) is 11.4. The minimum atomic E-state index is -0.811. The van der Waals surface area contributed by atoms with E-state index >= 15 is 0 Å². The Bertz CT molecular complexity index is 951. The summed E-state index contributed by atoms with van der Waals surface area (Å²) >= 11 is 0. The van der Waals surface area contributed by atoms with Crippen LogP contribution in [0.2, 0.25) is 0 Å². The predicted octanol–water partition coefficient (Wildman–Crippen LogP) is 2.48. The Kier molecular flexibility index (Phi) is 4.40. The normalized spacial score (nSPS) is 15.3. The molecule has 0 radical (unpaired) electrons. The van der Waals surface area contributed by atoms with Crippen LogP contribution in [-0.4, -0.2) is 23.7 Å². The molecule has 1 aliphatic heterocycles. The second kappa shape index (κ2) is 6.67. The Morgan fingerprint density at radius 1 is 1.23 bits per heavy atom. The highest BCUT2D eigenvalue weighted by molar-refractivity contribution is 6.32. The quantitative estimate of drug-likeness (QED) is 0.477. The van der Waals surface area contributed by atoms with Gasteiger partial charge in [0.2, 0.25) is 0 Å². The SMILES string of the molecule is COc1cc(/C=C2/C(=O)N(c3ccccc3)N=C2C)cc([N+](=O)[O-])c1[O-]. The number of ether oxygens (including phenoxy) is 1. The number of para-hydroxylation sites is 1. The van der Waals surface area contributed by atoms with E-state index in [2.05, 4.69) is 5.10 Å². The molecular formula is C18H14N3O5-. The van der Waals surface area contributed by atoms with Gasteiger partial charge in [-0.1, -0.05) is 18.2 Å². The minimum Gasteiger partial charge on any atom is -0.865 e. The number of nitro benzene ring substituents is 1. The van der Waals surface area contributed by atoms with Gasteiger partial charge in [-0.3, -0.25) is 14.9 Å². The molecule has 0 N–H and O–H groups in total. The number of nitrogens with zero attached hydrogens (tertiary/aromatic N) is 3. The number of benzene rings is 2. The Balaban J connectivity index is 2.03. The van der Waals surface area contributed by atoms with Gasteiger partial charge in [-0.25, -0.2) is 0 Å². The lowest BCUT2D eigenvalue weighted by Gasteiger charge is -2.13. The van der Waals surface area contributed by atoms with Gasteiger partial charge in [-0.15, -0.1) is 0 Å². The Hall–Kier alpha value is -3.68. The highest BCUT2D eigenvalue weighted by atomic mass is 16.6. The van der Waals surface area contributed by atoms with Gasteiger partial charge in [0.25, 0.3) is 11.6 Å². The van der Waals surface area contributed by atoms with Gasteiger partial charge < -0.3 is 9.84 Å². The lowest BCUT2D eigenvalue weighted by atomic mass is 10.1. The number of methoxy groups -OCH3 is 1. The predicted molar refractivity (Wildman–Crippen MR) is 94.1 cm³/mol. The molecular weight excluding hydrogens is 338 g/mol. The molecule has 0 saturated heterocycles. The monoisotopic (exact) mass is 352 g/mol. The molecule has 1 heterocycles. The minimum absolute atomic E-state index is 0.161. The standard InChI is InChI=1S/C18H15N3O5/c1-11-14(18(23)20(19-11)13-6-4-3-5-7-13)8-12-9-15(21(24)25)17(22)16(10-12)26-2/h3-10,22H,1-2H3/p-1/b14-8+. The maximum atomic E-state index is 12.7. The van der Waals surface area contributed by atoms with Crippen LogP contribution in [0.25, 0.3) is 6.08 Å². The van der Waals surface area contributed by atoms with Crippen molar-refractivity contribution in [2.24, 2.45) is 5.10 Å². The van der Waals surface area contributed by atoms with Gasteiger partial charge in [0.15, 0.2) is 0 Å². The second-order valence-electron chi connectivity index (χ2n) is 5.52. The first-order valence-electron chi connectivity index (χ1n) is 7.62. The molecule has 3 rings (SSSR count). The van der Waals surface area contributed by atoms with Gasteiger partial charge in [-0.2, -0.15) is 10.1 Å². The van der Waals surface area contributed by atoms with Gasteiger partial charge in [0.1, 0.15) is 5.75 Å². The molecule has 0 saturated carbocycles. The van der Waals surface area contributed by atoms with E-state index in [0.717, 1.165) is 6.07 Å². The molecule has 8 heteroatoms. The number of carbonyl (C=O) groups is 1. The van der Waals surface area contributed by atoms with Crippen molar-refractivity contribution in [1.29, 1.82) is 0 Å². The molecule has 0 aliphatic carbocycles. The Morgan fingerprint density at radius 2 is 1.92 bits per heavy atom. The summed E-state index contributed by atoms with van der Waals surface area (Å²) in [7, 11) is 1.25. The van der Waals surface area contributed by atoms with Gasteiger partial charge in [0, 0.05) is 11.8 Å². The van der Waals surface area contributed by atoms with E-state index in [4.69, 9.17) is 4.74 Å². The van der Waals surface area contributed by atoms with E-state index in [1.54, 1.807) is 31.2 Å². The molecule has 0 aromatic heterocycles. The Morgan fingerprint density at radius 3 is 2.54 bits per heavy atom. The van der Waals surface area contributed by atoms with E-state index in [1.165, 1.54) is 24.3 Å². The van der Waals surface area contributed by atoms with Crippen LogP contribution in [0.4, 0.5) is 11.4 Å². The molecule has 1 amide bonds. The average molecular weight is 352 g/mol. The number of hydrazone groups is 1. The number of hydrogen-bond donors (Lipinski definition) is 0. The fraction of sp³-hybridized carbons (Fsp3) is 0.111. The highest BCUT2D eigenvalue weighted by Gasteiger charge is 2.28. The summed E-state index contributed by atoms with van der Waals surface area (Å²) in [6.45, 7) is 1.67.